The fraction of sp³-hybridized carbons (Fsp3) is 0.429. The summed E-state index contributed by atoms with van der Waals surface area (Å²) in [6.07, 6.45) is 0.379. The number of sulfone groups is 1. The summed E-state index contributed by atoms with van der Waals surface area (Å²) >= 11 is 0. The number of benzene rings is 1. The fourth-order valence-electron chi connectivity index (χ4n) is 2.42. The van der Waals surface area contributed by atoms with Crippen molar-refractivity contribution in [2.24, 2.45) is 0 Å². The van der Waals surface area contributed by atoms with Crippen LogP contribution in [0.4, 0.5) is 0 Å². The van der Waals surface area contributed by atoms with Crippen LogP contribution in [-0.2, 0) is 19.4 Å². The first-order valence-electron chi connectivity index (χ1n) is 6.99. The van der Waals surface area contributed by atoms with Crippen molar-refractivity contribution in [1.82, 2.24) is 5.32 Å². The molecule has 0 bridgehead atoms. The number of esters is 1. The van der Waals surface area contributed by atoms with Crippen molar-refractivity contribution in [3.8, 4) is 11.5 Å². The zero-order valence-corrected chi connectivity index (χ0v) is 12.9. The number of nitrogens with one attached hydrogen (secondary N) is 1. The molecule has 1 aromatic carbocycles. The number of fused-ring (bicyclic) bond motifs is 1. The van der Waals surface area contributed by atoms with E-state index in [0.29, 0.717) is 17.9 Å². The minimum Gasteiger partial charge on any atom is -0.454 e. The Hall–Kier alpha value is -2.29. The normalized spacial score (nSPS) is 21.0. The third-order valence-corrected chi connectivity index (χ3v) is 5.31. The molecule has 0 aromatic heterocycles. The smallest absolute Gasteiger partial charge is 0.338 e. The van der Waals surface area contributed by atoms with Gasteiger partial charge in [-0.05, 0) is 24.6 Å². The van der Waals surface area contributed by atoms with E-state index >= 15 is 0 Å². The molecule has 2 heterocycles. The Labute approximate surface area is 132 Å². The van der Waals surface area contributed by atoms with E-state index in [1.165, 1.54) is 12.1 Å². The van der Waals surface area contributed by atoms with Gasteiger partial charge in [0.15, 0.2) is 27.9 Å². The van der Waals surface area contributed by atoms with Crippen LogP contribution in [0.2, 0.25) is 0 Å². The van der Waals surface area contributed by atoms with Crippen LogP contribution in [0.25, 0.3) is 0 Å². The topological polar surface area (TPSA) is 108 Å². The molecule has 0 radical (unpaired) electrons. The summed E-state index contributed by atoms with van der Waals surface area (Å²) in [4.78, 5) is 23.6. The van der Waals surface area contributed by atoms with E-state index < -0.39 is 34.4 Å². The molecule has 0 spiro atoms. The average Bonchev–Trinajstić information content (AvgIpc) is 3.10. The molecule has 0 saturated carbocycles. The lowest BCUT2D eigenvalue weighted by Gasteiger charge is -2.11. The van der Waals surface area contributed by atoms with Gasteiger partial charge in [-0.2, -0.15) is 0 Å². The van der Waals surface area contributed by atoms with Crippen molar-refractivity contribution in [3.63, 3.8) is 0 Å². The Morgan fingerprint density at radius 3 is 2.78 bits per heavy atom. The van der Waals surface area contributed by atoms with Crippen LogP contribution in [0.5, 0.6) is 11.5 Å². The molecule has 1 saturated heterocycles. The summed E-state index contributed by atoms with van der Waals surface area (Å²) in [6, 6.07) is 4.16. The van der Waals surface area contributed by atoms with Gasteiger partial charge in [0.1, 0.15) is 0 Å². The third kappa shape index (κ3) is 3.73. The highest BCUT2D eigenvalue weighted by Gasteiger charge is 2.29. The van der Waals surface area contributed by atoms with Gasteiger partial charge in [0.25, 0.3) is 5.91 Å². The van der Waals surface area contributed by atoms with E-state index in [1.807, 2.05) is 0 Å². The molecule has 1 atom stereocenters. The first kappa shape index (κ1) is 15.6. The number of amides is 1. The molecule has 23 heavy (non-hydrogen) atoms. The van der Waals surface area contributed by atoms with Crippen LogP contribution >= 0.6 is 0 Å². The van der Waals surface area contributed by atoms with E-state index in [-0.39, 0.29) is 23.9 Å². The van der Waals surface area contributed by atoms with Gasteiger partial charge in [-0.15, -0.1) is 0 Å². The molecule has 2 aliphatic heterocycles. The Bertz CT molecular complexity index is 743. The summed E-state index contributed by atoms with van der Waals surface area (Å²) in [5, 5.41) is 2.54. The molecule has 9 heteroatoms. The largest absolute Gasteiger partial charge is 0.454 e. The molecule has 2 aliphatic rings. The van der Waals surface area contributed by atoms with Crippen molar-refractivity contribution < 1.29 is 32.2 Å². The van der Waals surface area contributed by atoms with E-state index in [0.717, 1.165) is 0 Å². The fourth-order valence-corrected chi connectivity index (χ4v) is 4.09. The quantitative estimate of drug-likeness (QED) is 0.760. The first-order valence-corrected chi connectivity index (χ1v) is 8.82. The van der Waals surface area contributed by atoms with Crippen LogP contribution in [0, 0.1) is 0 Å². The van der Waals surface area contributed by atoms with Crippen molar-refractivity contribution >= 4 is 21.7 Å². The zero-order valence-electron chi connectivity index (χ0n) is 12.1. The van der Waals surface area contributed by atoms with Crippen LogP contribution in [-0.4, -0.2) is 51.2 Å². The minimum atomic E-state index is -3.07. The van der Waals surface area contributed by atoms with Gasteiger partial charge in [-0.1, -0.05) is 0 Å². The molecule has 124 valence electrons. The maximum absolute atomic E-state index is 11.9. The number of carbonyl (C=O) groups excluding carboxylic acids is 2. The van der Waals surface area contributed by atoms with Gasteiger partial charge in [-0.3, -0.25) is 4.79 Å². The van der Waals surface area contributed by atoms with Crippen molar-refractivity contribution in [2.45, 2.75) is 12.5 Å². The first-order chi connectivity index (χ1) is 10.9. The zero-order chi connectivity index (χ0) is 16.4. The maximum Gasteiger partial charge on any atom is 0.338 e. The third-order valence-electron chi connectivity index (χ3n) is 3.54. The van der Waals surface area contributed by atoms with Gasteiger partial charge in [0.2, 0.25) is 6.79 Å². The van der Waals surface area contributed by atoms with Crippen molar-refractivity contribution in [3.05, 3.63) is 23.8 Å². The highest BCUT2D eigenvalue weighted by Crippen LogP contribution is 2.32. The van der Waals surface area contributed by atoms with E-state index in [9.17, 15) is 18.0 Å². The summed E-state index contributed by atoms with van der Waals surface area (Å²) in [7, 11) is -3.07. The molecular formula is C14H15NO7S. The van der Waals surface area contributed by atoms with Crippen molar-refractivity contribution in [2.75, 3.05) is 24.9 Å². The van der Waals surface area contributed by atoms with Crippen LogP contribution < -0.4 is 14.8 Å². The Morgan fingerprint density at radius 2 is 2.04 bits per heavy atom. The highest BCUT2D eigenvalue weighted by molar-refractivity contribution is 7.91. The van der Waals surface area contributed by atoms with Gasteiger partial charge in [-0.25, -0.2) is 13.2 Å². The predicted molar refractivity (Wildman–Crippen MR) is 78.0 cm³/mol. The number of carbonyl (C=O) groups is 2. The number of rotatable bonds is 4. The Balaban J connectivity index is 1.50. The Morgan fingerprint density at radius 1 is 1.26 bits per heavy atom. The predicted octanol–water partition coefficient (Wildman–Crippen LogP) is -0.125. The molecule has 1 amide bonds. The molecule has 1 N–H and O–H groups in total. The second-order valence-corrected chi connectivity index (χ2v) is 7.54. The van der Waals surface area contributed by atoms with E-state index in [2.05, 4.69) is 5.32 Å². The van der Waals surface area contributed by atoms with Crippen LogP contribution in [0.15, 0.2) is 18.2 Å². The summed E-state index contributed by atoms with van der Waals surface area (Å²) in [5.41, 5.74) is 0.241. The SMILES string of the molecule is O=C(COC(=O)c1ccc2c(c1)OCO2)N[C@@H]1CCS(=O)(=O)C1. The van der Waals surface area contributed by atoms with E-state index in [4.69, 9.17) is 14.2 Å². The lowest BCUT2D eigenvalue weighted by Crippen LogP contribution is -2.38. The van der Waals surface area contributed by atoms with Gasteiger partial charge in [0, 0.05) is 6.04 Å². The average molecular weight is 341 g/mol. The Kier molecular flexibility index (Phi) is 4.12. The lowest BCUT2D eigenvalue weighted by molar-refractivity contribution is -0.124. The highest BCUT2D eigenvalue weighted by atomic mass is 32.2. The minimum absolute atomic E-state index is 0.0644. The van der Waals surface area contributed by atoms with Crippen molar-refractivity contribution in [1.29, 1.82) is 0 Å². The number of hydrogen-bond acceptors (Lipinski definition) is 7. The lowest BCUT2D eigenvalue weighted by atomic mass is 10.2. The second-order valence-electron chi connectivity index (χ2n) is 5.31. The van der Waals surface area contributed by atoms with Crippen LogP contribution in [0.3, 0.4) is 0 Å². The maximum atomic E-state index is 11.9. The van der Waals surface area contributed by atoms with Gasteiger partial charge >= 0.3 is 5.97 Å². The van der Waals surface area contributed by atoms with Gasteiger partial charge < -0.3 is 19.5 Å². The van der Waals surface area contributed by atoms with Gasteiger partial charge in [0.05, 0.1) is 17.1 Å². The molecule has 0 unspecified atom stereocenters. The summed E-state index contributed by atoms with van der Waals surface area (Å²) in [6.45, 7) is -0.371. The molecule has 1 fully saturated rings. The molecule has 3 rings (SSSR count). The summed E-state index contributed by atoms with van der Waals surface area (Å²) < 4.78 is 37.8. The van der Waals surface area contributed by atoms with Crippen LogP contribution in [0.1, 0.15) is 16.8 Å². The molecule has 8 nitrogen and oxygen atoms in total. The summed E-state index contributed by atoms with van der Waals surface area (Å²) in [5.74, 6) is -0.218. The van der Waals surface area contributed by atoms with E-state index in [1.54, 1.807) is 6.07 Å². The molecule has 1 aromatic rings. The molecule has 0 aliphatic carbocycles. The number of hydrogen-bond donors (Lipinski definition) is 1. The monoisotopic (exact) mass is 341 g/mol. The second kappa shape index (κ2) is 6.07. The molecular weight excluding hydrogens is 326 g/mol. The number of ether oxygens (including phenoxy) is 3. The standard InChI is InChI=1S/C14H15NO7S/c16-13(15-10-3-4-23(18,19)7-10)6-20-14(17)9-1-2-11-12(5-9)22-8-21-11/h1-2,5,10H,3-4,6-8H2,(H,15,16)/t10-/m1/s1.